The molecule has 1 aliphatic heterocycles. The van der Waals surface area contributed by atoms with E-state index in [1.165, 1.54) is 0 Å². The number of carbonyl (C=O) groups excluding carboxylic acids is 2. The first-order chi connectivity index (χ1) is 10.6. The van der Waals surface area contributed by atoms with Gasteiger partial charge in [-0.15, -0.1) is 5.10 Å². The average Bonchev–Trinajstić information content (AvgIpc) is 2.91. The lowest BCUT2D eigenvalue weighted by Crippen LogP contribution is -2.45. The van der Waals surface area contributed by atoms with E-state index in [9.17, 15) is 9.59 Å². The van der Waals surface area contributed by atoms with Crippen molar-refractivity contribution in [3.8, 4) is 0 Å². The van der Waals surface area contributed by atoms with Crippen LogP contribution >= 0.6 is 0 Å². The third-order valence-corrected chi connectivity index (χ3v) is 3.90. The molecule has 0 bridgehead atoms. The van der Waals surface area contributed by atoms with Crippen molar-refractivity contribution in [1.82, 2.24) is 25.1 Å². The summed E-state index contributed by atoms with van der Waals surface area (Å²) in [6.45, 7) is 5.13. The van der Waals surface area contributed by atoms with Crippen LogP contribution in [0.15, 0.2) is 0 Å². The minimum atomic E-state index is -0.233. The topological polar surface area (TPSA) is 90.2 Å². The number of likely N-dealkylation sites (tertiary alicyclic amines) is 1. The number of carbonyl (C=O) groups is 2. The number of aryl methyl sites for hydroxylation is 2. The fourth-order valence-electron chi connectivity index (χ4n) is 2.75. The second kappa shape index (κ2) is 7.86. The van der Waals surface area contributed by atoms with Crippen LogP contribution in [0.4, 0.5) is 0 Å². The van der Waals surface area contributed by atoms with E-state index < -0.39 is 0 Å². The third-order valence-electron chi connectivity index (χ3n) is 3.90. The summed E-state index contributed by atoms with van der Waals surface area (Å²) < 4.78 is 6.61. The maximum absolute atomic E-state index is 12.4. The summed E-state index contributed by atoms with van der Waals surface area (Å²) in [5.41, 5.74) is 0. The molecular weight excluding hydrogens is 286 g/mol. The zero-order chi connectivity index (χ0) is 15.9. The summed E-state index contributed by atoms with van der Waals surface area (Å²) in [7, 11) is 0. The van der Waals surface area contributed by atoms with Crippen LogP contribution in [0.2, 0.25) is 0 Å². The Labute approximate surface area is 129 Å². The maximum atomic E-state index is 12.4. The number of rotatable bonds is 6. The lowest BCUT2D eigenvalue weighted by molar-refractivity contribution is -0.146. The molecule has 0 saturated carbocycles. The summed E-state index contributed by atoms with van der Waals surface area (Å²) in [6, 6.07) is -0.0460. The predicted molar refractivity (Wildman–Crippen MR) is 77.8 cm³/mol. The van der Waals surface area contributed by atoms with Gasteiger partial charge >= 0.3 is 5.97 Å². The maximum Gasteiger partial charge on any atom is 0.307 e. The Morgan fingerprint density at radius 3 is 2.86 bits per heavy atom. The Morgan fingerprint density at radius 1 is 1.36 bits per heavy atom. The first-order valence-electron chi connectivity index (χ1n) is 7.79. The number of piperidine rings is 1. The number of tetrazole rings is 1. The van der Waals surface area contributed by atoms with Gasteiger partial charge in [0.1, 0.15) is 5.82 Å². The van der Waals surface area contributed by atoms with Crippen LogP contribution in [0.25, 0.3) is 0 Å². The first-order valence-corrected chi connectivity index (χ1v) is 7.79. The molecule has 1 aromatic heterocycles. The fraction of sp³-hybridized carbons (Fsp3) is 0.786. The van der Waals surface area contributed by atoms with E-state index in [4.69, 9.17) is 4.74 Å². The standard InChI is InChI=1S/C14H23N5O3/c1-3-22-14(21)10-12-6-4-5-8-18(12)13(20)7-9-19-11(2)15-16-17-19/h12H,3-10H2,1-2H3. The minimum absolute atomic E-state index is 0.0453. The highest BCUT2D eigenvalue weighted by Crippen LogP contribution is 2.21. The summed E-state index contributed by atoms with van der Waals surface area (Å²) in [6.07, 6.45) is 3.50. The van der Waals surface area contributed by atoms with E-state index >= 15 is 0 Å². The second-order valence-corrected chi connectivity index (χ2v) is 5.45. The van der Waals surface area contributed by atoms with Crippen LogP contribution < -0.4 is 0 Å². The molecule has 8 heteroatoms. The van der Waals surface area contributed by atoms with Crippen molar-refractivity contribution in [3.63, 3.8) is 0 Å². The molecule has 1 aromatic rings. The Hall–Kier alpha value is -1.99. The zero-order valence-corrected chi connectivity index (χ0v) is 13.2. The minimum Gasteiger partial charge on any atom is -0.466 e. The molecule has 0 N–H and O–H groups in total. The lowest BCUT2D eigenvalue weighted by atomic mass is 9.99. The van der Waals surface area contributed by atoms with E-state index in [2.05, 4.69) is 15.5 Å². The molecule has 0 aromatic carbocycles. The van der Waals surface area contributed by atoms with Crippen molar-refractivity contribution < 1.29 is 14.3 Å². The zero-order valence-electron chi connectivity index (χ0n) is 13.2. The van der Waals surface area contributed by atoms with Crippen molar-refractivity contribution in [2.45, 2.75) is 58.5 Å². The molecule has 1 aliphatic rings. The molecule has 0 radical (unpaired) electrons. The molecule has 1 unspecified atom stereocenters. The number of amides is 1. The Balaban J connectivity index is 1.90. The largest absolute Gasteiger partial charge is 0.466 e. The second-order valence-electron chi connectivity index (χ2n) is 5.45. The van der Waals surface area contributed by atoms with E-state index in [-0.39, 0.29) is 24.3 Å². The van der Waals surface area contributed by atoms with E-state index in [0.717, 1.165) is 19.3 Å². The van der Waals surface area contributed by atoms with E-state index in [1.54, 1.807) is 18.5 Å². The van der Waals surface area contributed by atoms with Gasteiger partial charge in [-0.05, 0) is 43.5 Å². The highest BCUT2D eigenvalue weighted by molar-refractivity contribution is 5.78. The molecule has 0 spiro atoms. The normalized spacial score (nSPS) is 18.3. The van der Waals surface area contributed by atoms with E-state index in [1.807, 2.05) is 4.90 Å². The van der Waals surface area contributed by atoms with Crippen molar-refractivity contribution in [2.24, 2.45) is 0 Å². The van der Waals surface area contributed by atoms with Gasteiger partial charge in [0.05, 0.1) is 19.6 Å². The van der Waals surface area contributed by atoms with Crippen LogP contribution in [0.1, 0.15) is 44.9 Å². The number of hydrogen-bond acceptors (Lipinski definition) is 6. The molecule has 22 heavy (non-hydrogen) atoms. The molecule has 8 nitrogen and oxygen atoms in total. The summed E-state index contributed by atoms with van der Waals surface area (Å²) in [5.74, 6) is 0.502. The highest BCUT2D eigenvalue weighted by Gasteiger charge is 2.28. The van der Waals surface area contributed by atoms with Gasteiger partial charge in [-0.3, -0.25) is 9.59 Å². The number of ether oxygens (including phenoxy) is 1. The van der Waals surface area contributed by atoms with Gasteiger partial charge in [0.15, 0.2) is 0 Å². The quantitative estimate of drug-likeness (QED) is 0.719. The Kier molecular flexibility index (Phi) is 5.85. The van der Waals surface area contributed by atoms with E-state index in [0.29, 0.717) is 31.9 Å². The lowest BCUT2D eigenvalue weighted by Gasteiger charge is -2.35. The van der Waals surface area contributed by atoms with Crippen molar-refractivity contribution in [2.75, 3.05) is 13.2 Å². The molecule has 1 fully saturated rings. The summed E-state index contributed by atoms with van der Waals surface area (Å²) in [5, 5.41) is 11.2. The van der Waals surface area contributed by atoms with Crippen LogP contribution in [0, 0.1) is 6.92 Å². The first kappa shape index (κ1) is 16.4. The molecular formula is C14H23N5O3. The number of esters is 1. The van der Waals surface area contributed by atoms with Gasteiger partial charge in [0.25, 0.3) is 0 Å². The molecule has 0 aliphatic carbocycles. The van der Waals surface area contributed by atoms with Gasteiger partial charge < -0.3 is 9.64 Å². The van der Waals surface area contributed by atoms with Crippen molar-refractivity contribution >= 4 is 11.9 Å². The highest BCUT2D eigenvalue weighted by atomic mass is 16.5. The molecule has 1 saturated heterocycles. The number of aromatic nitrogens is 4. The monoisotopic (exact) mass is 309 g/mol. The van der Waals surface area contributed by atoms with Gasteiger partial charge in [-0.1, -0.05) is 0 Å². The van der Waals surface area contributed by atoms with Crippen LogP contribution in [-0.4, -0.2) is 56.2 Å². The number of hydrogen-bond donors (Lipinski definition) is 0. The van der Waals surface area contributed by atoms with Crippen LogP contribution in [-0.2, 0) is 20.9 Å². The summed E-state index contributed by atoms with van der Waals surface area (Å²) in [4.78, 5) is 25.9. The molecule has 122 valence electrons. The van der Waals surface area contributed by atoms with Gasteiger partial charge in [0, 0.05) is 19.0 Å². The van der Waals surface area contributed by atoms with Crippen LogP contribution in [0.5, 0.6) is 0 Å². The van der Waals surface area contributed by atoms with Gasteiger partial charge in [-0.2, -0.15) is 0 Å². The smallest absolute Gasteiger partial charge is 0.307 e. The SMILES string of the molecule is CCOC(=O)CC1CCCCN1C(=O)CCn1nnnc1C. The number of nitrogens with zero attached hydrogens (tertiary/aromatic N) is 5. The van der Waals surface area contributed by atoms with Crippen LogP contribution in [0.3, 0.4) is 0 Å². The van der Waals surface area contributed by atoms with Crippen molar-refractivity contribution in [1.29, 1.82) is 0 Å². The average molecular weight is 309 g/mol. The Bertz CT molecular complexity index is 516. The predicted octanol–water partition coefficient (Wildman–Crippen LogP) is 0.706. The Morgan fingerprint density at radius 2 is 2.18 bits per heavy atom. The molecule has 2 heterocycles. The molecule has 1 amide bonds. The fourth-order valence-corrected chi connectivity index (χ4v) is 2.75. The summed E-state index contributed by atoms with van der Waals surface area (Å²) >= 11 is 0. The van der Waals surface area contributed by atoms with Gasteiger partial charge in [-0.25, -0.2) is 4.68 Å². The van der Waals surface area contributed by atoms with Crippen molar-refractivity contribution in [3.05, 3.63) is 5.82 Å². The molecule has 1 atom stereocenters. The third kappa shape index (κ3) is 4.25. The van der Waals surface area contributed by atoms with Gasteiger partial charge in [0.2, 0.25) is 5.91 Å². The molecule has 2 rings (SSSR count).